The fourth-order valence-corrected chi connectivity index (χ4v) is 1.84. The fraction of sp³-hybridized carbons (Fsp3) is 0.200. The lowest BCUT2D eigenvalue weighted by molar-refractivity contribution is -0.136. The van der Waals surface area contributed by atoms with Gasteiger partial charge >= 0.3 is 5.97 Å². The molecule has 0 fully saturated rings. The lowest BCUT2D eigenvalue weighted by atomic mass is 10.1. The largest absolute Gasteiger partial charge is 0.496 e. The Bertz CT molecular complexity index is 564. The SMILES string of the molecule is COc1ccccc1-c1ccc(CCC(=O)O)cn1. The van der Waals surface area contributed by atoms with Crippen molar-refractivity contribution in [2.24, 2.45) is 0 Å². The number of ether oxygens (including phenoxy) is 1. The Kier molecular flexibility index (Phi) is 4.13. The number of carbonyl (C=O) groups is 1. The molecular weight excluding hydrogens is 242 g/mol. The van der Waals surface area contributed by atoms with E-state index in [1.165, 1.54) is 0 Å². The van der Waals surface area contributed by atoms with E-state index in [9.17, 15) is 4.79 Å². The van der Waals surface area contributed by atoms with Crippen LogP contribution in [0.15, 0.2) is 42.6 Å². The van der Waals surface area contributed by atoms with Crippen molar-refractivity contribution in [1.29, 1.82) is 0 Å². The number of pyridine rings is 1. The molecule has 0 bridgehead atoms. The molecule has 98 valence electrons. The van der Waals surface area contributed by atoms with Crippen molar-refractivity contribution in [3.63, 3.8) is 0 Å². The van der Waals surface area contributed by atoms with Crippen LogP contribution in [-0.2, 0) is 11.2 Å². The number of benzene rings is 1. The van der Waals surface area contributed by atoms with Gasteiger partial charge in [-0.3, -0.25) is 9.78 Å². The third kappa shape index (κ3) is 3.31. The van der Waals surface area contributed by atoms with Crippen LogP contribution >= 0.6 is 0 Å². The van der Waals surface area contributed by atoms with E-state index in [4.69, 9.17) is 9.84 Å². The van der Waals surface area contributed by atoms with Gasteiger partial charge in [0.2, 0.25) is 0 Å². The third-order valence-corrected chi connectivity index (χ3v) is 2.84. The van der Waals surface area contributed by atoms with Gasteiger partial charge < -0.3 is 9.84 Å². The minimum absolute atomic E-state index is 0.121. The van der Waals surface area contributed by atoms with E-state index in [1.54, 1.807) is 13.3 Å². The van der Waals surface area contributed by atoms with Gasteiger partial charge in [-0.2, -0.15) is 0 Å². The van der Waals surface area contributed by atoms with E-state index in [-0.39, 0.29) is 6.42 Å². The first-order chi connectivity index (χ1) is 9.20. The number of aryl methyl sites for hydroxylation is 1. The highest BCUT2D eigenvalue weighted by Gasteiger charge is 2.06. The van der Waals surface area contributed by atoms with E-state index < -0.39 is 5.97 Å². The molecule has 0 unspecified atom stereocenters. The van der Waals surface area contributed by atoms with E-state index in [1.807, 2.05) is 36.4 Å². The summed E-state index contributed by atoms with van der Waals surface area (Å²) in [5.74, 6) is -0.0258. The van der Waals surface area contributed by atoms with Crippen molar-refractivity contribution in [1.82, 2.24) is 4.98 Å². The Balaban J connectivity index is 2.20. The van der Waals surface area contributed by atoms with E-state index in [0.717, 1.165) is 22.6 Å². The third-order valence-electron chi connectivity index (χ3n) is 2.84. The highest BCUT2D eigenvalue weighted by molar-refractivity contribution is 5.68. The summed E-state index contributed by atoms with van der Waals surface area (Å²) in [6.07, 6.45) is 2.33. The van der Waals surface area contributed by atoms with Crippen LogP contribution in [0.3, 0.4) is 0 Å². The lowest BCUT2D eigenvalue weighted by Crippen LogP contribution is -1.98. The van der Waals surface area contributed by atoms with Gasteiger partial charge in [-0.15, -0.1) is 0 Å². The number of hydrogen-bond acceptors (Lipinski definition) is 3. The molecule has 1 heterocycles. The van der Waals surface area contributed by atoms with Crippen LogP contribution in [0.5, 0.6) is 5.75 Å². The Morgan fingerprint density at radius 2 is 2.05 bits per heavy atom. The number of rotatable bonds is 5. The predicted molar refractivity (Wildman–Crippen MR) is 72.2 cm³/mol. The predicted octanol–water partition coefficient (Wildman–Crippen LogP) is 2.77. The highest BCUT2D eigenvalue weighted by Crippen LogP contribution is 2.27. The maximum absolute atomic E-state index is 10.5. The zero-order valence-electron chi connectivity index (χ0n) is 10.7. The van der Waals surface area contributed by atoms with E-state index in [0.29, 0.717) is 6.42 Å². The van der Waals surface area contributed by atoms with Crippen molar-refractivity contribution < 1.29 is 14.6 Å². The summed E-state index contributed by atoms with van der Waals surface area (Å²) in [7, 11) is 1.63. The number of carboxylic acid groups (broad SMARTS) is 1. The molecule has 4 nitrogen and oxygen atoms in total. The van der Waals surface area contributed by atoms with Crippen LogP contribution in [0.25, 0.3) is 11.3 Å². The molecular formula is C15H15NO3. The number of aromatic nitrogens is 1. The number of nitrogens with zero attached hydrogens (tertiary/aromatic N) is 1. The average Bonchev–Trinajstić information content (AvgIpc) is 2.45. The molecule has 1 N–H and O–H groups in total. The summed E-state index contributed by atoms with van der Waals surface area (Å²) < 4.78 is 5.29. The van der Waals surface area contributed by atoms with Gasteiger partial charge in [0.1, 0.15) is 5.75 Å². The van der Waals surface area contributed by atoms with Crippen LogP contribution in [0.1, 0.15) is 12.0 Å². The normalized spacial score (nSPS) is 10.2. The molecule has 19 heavy (non-hydrogen) atoms. The van der Waals surface area contributed by atoms with E-state index >= 15 is 0 Å². The second kappa shape index (κ2) is 6.00. The van der Waals surface area contributed by atoms with Gasteiger partial charge in [-0.1, -0.05) is 18.2 Å². The monoisotopic (exact) mass is 257 g/mol. The number of methoxy groups -OCH3 is 1. The number of para-hydroxylation sites is 1. The summed E-state index contributed by atoms with van der Waals surface area (Å²) in [6, 6.07) is 11.4. The molecule has 2 aromatic rings. The van der Waals surface area contributed by atoms with Crippen molar-refractivity contribution in [2.45, 2.75) is 12.8 Å². The summed E-state index contributed by atoms with van der Waals surface area (Å²) in [5, 5.41) is 8.64. The Labute approximate surface area is 111 Å². The second-order valence-electron chi connectivity index (χ2n) is 4.15. The summed E-state index contributed by atoms with van der Waals surface area (Å²) in [4.78, 5) is 14.9. The average molecular weight is 257 g/mol. The van der Waals surface area contributed by atoms with Crippen LogP contribution in [-0.4, -0.2) is 23.2 Å². The summed E-state index contributed by atoms with van der Waals surface area (Å²) >= 11 is 0. The molecule has 0 amide bonds. The first-order valence-corrected chi connectivity index (χ1v) is 6.01. The van der Waals surface area contributed by atoms with Crippen LogP contribution in [0.4, 0.5) is 0 Å². The lowest BCUT2D eigenvalue weighted by Gasteiger charge is -2.08. The molecule has 1 aromatic carbocycles. The molecule has 0 radical (unpaired) electrons. The van der Waals surface area contributed by atoms with Gasteiger partial charge in [-0.25, -0.2) is 0 Å². The molecule has 2 rings (SSSR count). The van der Waals surface area contributed by atoms with Gasteiger partial charge in [0, 0.05) is 18.2 Å². The fourth-order valence-electron chi connectivity index (χ4n) is 1.84. The van der Waals surface area contributed by atoms with Gasteiger partial charge in [0.05, 0.1) is 12.8 Å². The zero-order chi connectivity index (χ0) is 13.7. The number of carboxylic acids is 1. The minimum atomic E-state index is -0.797. The highest BCUT2D eigenvalue weighted by atomic mass is 16.5. The Morgan fingerprint density at radius 1 is 1.26 bits per heavy atom. The molecule has 0 aliphatic rings. The molecule has 1 aromatic heterocycles. The van der Waals surface area contributed by atoms with Crippen molar-refractivity contribution >= 4 is 5.97 Å². The van der Waals surface area contributed by atoms with Gasteiger partial charge in [0.25, 0.3) is 0 Å². The molecule has 0 atom stereocenters. The summed E-state index contributed by atoms with van der Waals surface area (Å²) in [5.41, 5.74) is 2.66. The molecule has 0 saturated carbocycles. The van der Waals surface area contributed by atoms with E-state index in [2.05, 4.69) is 4.98 Å². The van der Waals surface area contributed by atoms with Crippen molar-refractivity contribution in [2.75, 3.05) is 7.11 Å². The quantitative estimate of drug-likeness (QED) is 0.894. The minimum Gasteiger partial charge on any atom is -0.496 e. The standard InChI is InChI=1S/C15H15NO3/c1-19-14-5-3-2-4-12(14)13-8-6-11(10-16-13)7-9-15(17)18/h2-6,8,10H,7,9H2,1H3,(H,17,18). The second-order valence-corrected chi connectivity index (χ2v) is 4.15. The topological polar surface area (TPSA) is 59.4 Å². The molecule has 4 heteroatoms. The summed E-state index contributed by atoms with van der Waals surface area (Å²) in [6.45, 7) is 0. The number of hydrogen-bond donors (Lipinski definition) is 1. The van der Waals surface area contributed by atoms with Crippen molar-refractivity contribution in [3.05, 3.63) is 48.2 Å². The maximum Gasteiger partial charge on any atom is 0.303 e. The van der Waals surface area contributed by atoms with Crippen LogP contribution < -0.4 is 4.74 Å². The van der Waals surface area contributed by atoms with Gasteiger partial charge in [0.15, 0.2) is 0 Å². The Hall–Kier alpha value is -2.36. The molecule has 0 aliphatic carbocycles. The Morgan fingerprint density at radius 3 is 2.68 bits per heavy atom. The molecule has 0 aliphatic heterocycles. The van der Waals surface area contributed by atoms with Gasteiger partial charge in [-0.05, 0) is 30.2 Å². The van der Waals surface area contributed by atoms with Crippen LogP contribution in [0.2, 0.25) is 0 Å². The molecule has 0 spiro atoms. The first-order valence-electron chi connectivity index (χ1n) is 6.01. The molecule has 0 saturated heterocycles. The van der Waals surface area contributed by atoms with Crippen LogP contribution in [0, 0.1) is 0 Å². The zero-order valence-corrected chi connectivity index (χ0v) is 10.7. The number of aliphatic carboxylic acids is 1. The van der Waals surface area contributed by atoms with Crippen molar-refractivity contribution in [3.8, 4) is 17.0 Å². The smallest absolute Gasteiger partial charge is 0.303 e. The maximum atomic E-state index is 10.5. The first kappa shape index (κ1) is 13.1.